The Morgan fingerprint density at radius 3 is 2.70 bits per heavy atom. The van der Waals surface area contributed by atoms with Gasteiger partial charge in [0.1, 0.15) is 11.5 Å². The minimum Gasteiger partial charge on any atom is -0.383 e. The third-order valence-electron chi connectivity index (χ3n) is 4.21. The Morgan fingerprint density at radius 1 is 1.43 bits per heavy atom. The summed E-state index contributed by atoms with van der Waals surface area (Å²) in [5, 5.41) is 0. The molecule has 1 aromatic rings. The van der Waals surface area contributed by atoms with Gasteiger partial charge in [-0.05, 0) is 20.3 Å². The van der Waals surface area contributed by atoms with Crippen LogP contribution in [0.3, 0.4) is 0 Å². The van der Waals surface area contributed by atoms with Gasteiger partial charge in [0, 0.05) is 44.2 Å². The summed E-state index contributed by atoms with van der Waals surface area (Å²) in [4.78, 5) is 23.6. The van der Waals surface area contributed by atoms with Crippen molar-refractivity contribution >= 4 is 11.7 Å². The van der Waals surface area contributed by atoms with Crippen LogP contribution in [0.25, 0.3) is 0 Å². The minimum atomic E-state index is 0.0835. The van der Waals surface area contributed by atoms with Gasteiger partial charge in [-0.15, -0.1) is 0 Å². The van der Waals surface area contributed by atoms with E-state index in [-0.39, 0.29) is 29.7 Å². The lowest BCUT2D eigenvalue weighted by Crippen LogP contribution is -2.23. The number of carbonyl (C=O) groups excluding carboxylic acids is 1. The van der Waals surface area contributed by atoms with E-state index in [1.807, 2.05) is 25.2 Å². The summed E-state index contributed by atoms with van der Waals surface area (Å²) in [5.74, 6) is 1.34. The summed E-state index contributed by atoms with van der Waals surface area (Å²) in [5.41, 5.74) is 13.3. The number of guanidine groups is 1. The zero-order valence-corrected chi connectivity index (χ0v) is 14.1. The largest absolute Gasteiger partial charge is 0.383 e. The number of aromatic nitrogens is 2. The number of aliphatic imine (C=N–C) groups is 1. The first kappa shape index (κ1) is 15.6. The fourth-order valence-electron chi connectivity index (χ4n) is 3.27. The van der Waals surface area contributed by atoms with E-state index in [4.69, 9.17) is 16.5 Å². The lowest BCUT2D eigenvalue weighted by Gasteiger charge is -2.14. The molecule has 7 heteroatoms. The van der Waals surface area contributed by atoms with Crippen LogP contribution in [0.15, 0.2) is 16.8 Å². The van der Waals surface area contributed by atoms with E-state index in [0.29, 0.717) is 6.42 Å². The van der Waals surface area contributed by atoms with Gasteiger partial charge < -0.3 is 20.9 Å². The predicted octanol–water partition coefficient (Wildman–Crippen LogP) is 0.778. The Labute approximate surface area is 136 Å². The molecule has 4 N–H and O–H groups in total. The van der Waals surface area contributed by atoms with Crippen LogP contribution in [0.2, 0.25) is 0 Å². The van der Waals surface area contributed by atoms with Gasteiger partial charge >= 0.3 is 0 Å². The maximum absolute atomic E-state index is 12.7. The van der Waals surface area contributed by atoms with Crippen LogP contribution < -0.4 is 11.5 Å². The molecule has 3 rings (SSSR count). The molecule has 1 aromatic heterocycles. The lowest BCUT2D eigenvalue weighted by atomic mass is 10.2. The van der Waals surface area contributed by atoms with Crippen molar-refractivity contribution in [1.82, 2.24) is 14.5 Å². The van der Waals surface area contributed by atoms with Crippen LogP contribution in [0, 0.1) is 0 Å². The van der Waals surface area contributed by atoms with Crippen molar-refractivity contribution in [2.75, 3.05) is 14.1 Å². The number of rotatable bonds is 4. The molecule has 0 spiro atoms. The quantitative estimate of drug-likeness (QED) is 0.485. The van der Waals surface area contributed by atoms with Crippen molar-refractivity contribution in [2.24, 2.45) is 16.5 Å². The predicted molar refractivity (Wildman–Crippen MR) is 89.4 cm³/mol. The molecule has 2 unspecified atom stereocenters. The second kappa shape index (κ2) is 5.40. The van der Waals surface area contributed by atoms with Gasteiger partial charge in [-0.25, -0.2) is 9.98 Å². The molecule has 7 nitrogen and oxygen atoms in total. The fraction of sp³-hybridized carbons (Fsp3) is 0.562. The maximum atomic E-state index is 12.7. The normalized spacial score (nSPS) is 24.2. The molecule has 2 atom stereocenters. The third kappa shape index (κ3) is 2.71. The smallest absolute Gasteiger partial charge is 0.209 e. The maximum Gasteiger partial charge on any atom is 0.209 e. The van der Waals surface area contributed by atoms with Gasteiger partial charge in [0.15, 0.2) is 5.96 Å². The molecule has 0 aliphatic heterocycles. The Morgan fingerprint density at radius 2 is 2.13 bits per heavy atom. The van der Waals surface area contributed by atoms with Gasteiger partial charge in [-0.3, -0.25) is 4.79 Å². The third-order valence-corrected chi connectivity index (χ3v) is 4.21. The summed E-state index contributed by atoms with van der Waals surface area (Å²) in [6, 6.07) is 0.260. The molecule has 0 amide bonds. The van der Waals surface area contributed by atoms with Gasteiger partial charge in [0.25, 0.3) is 0 Å². The second-order valence-corrected chi connectivity index (χ2v) is 6.82. The number of carbonyl (C=O) groups is 1. The zero-order chi connectivity index (χ0) is 16.9. The number of allylic oxidation sites excluding steroid dienone is 1. The van der Waals surface area contributed by atoms with Crippen molar-refractivity contribution in [3.63, 3.8) is 0 Å². The standard InChI is InChI=1S/C16H24N6O/c1-8(2)22-13-12(5-9(14(13)23)7-21(3)4)19-15(22)10-6-11(10)20-16(17)18/h7-8,10-11H,5-6H2,1-4H3,(H4,17,18,20)/b9-7+. The van der Waals surface area contributed by atoms with E-state index < -0.39 is 0 Å². The highest BCUT2D eigenvalue weighted by atomic mass is 16.1. The van der Waals surface area contributed by atoms with Crippen molar-refractivity contribution in [2.45, 2.75) is 44.7 Å². The summed E-state index contributed by atoms with van der Waals surface area (Å²) in [7, 11) is 3.84. The summed E-state index contributed by atoms with van der Waals surface area (Å²) in [6.45, 7) is 4.15. The van der Waals surface area contributed by atoms with Crippen LogP contribution in [0.4, 0.5) is 0 Å². The van der Waals surface area contributed by atoms with E-state index in [2.05, 4.69) is 23.4 Å². The monoisotopic (exact) mass is 316 g/mol. The number of imidazole rings is 1. The number of nitrogens with zero attached hydrogens (tertiary/aromatic N) is 4. The van der Waals surface area contributed by atoms with Gasteiger partial charge in [0.05, 0.1) is 11.7 Å². The van der Waals surface area contributed by atoms with Crippen molar-refractivity contribution in [3.8, 4) is 0 Å². The van der Waals surface area contributed by atoms with E-state index in [0.717, 1.165) is 29.2 Å². The molecule has 124 valence electrons. The number of hydrogen-bond acceptors (Lipinski definition) is 4. The molecule has 0 bridgehead atoms. The molecule has 2 aliphatic carbocycles. The molecular weight excluding hydrogens is 292 g/mol. The molecular formula is C16H24N6O. The Bertz CT molecular complexity index is 708. The van der Waals surface area contributed by atoms with Gasteiger partial charge in [0.2, 0.25) is 5.78 Å². The zero-order valence-electron chi connectivity index (χ0n) is 14.1. The highest BCUT2D eigenvalue weighted by Crippen LogP contribution is 2.45. The van der Waals surface area contributed by atoms with E-state index >= 15 is 0 Å². The summed E-state index contributed by atoms with van der Waals surface area (Å²) in [6.07, 6.45) is 3.36. The molecule has 0 radical (unpaired) electrons. The Kier molecular flexibility index (Phi) is 3.66. The van der Waals surface area contributed by atoms with Crippen molar-refractivity contribution in [1.29, 1.82) is 0 Å². The van der Waals surface area contributed by atoms with Crippen LogP contribution in [0.1, 0.15) is 54.2 Å². The molecule has 0 aromatic carbocycles. The van der Waals surface area contributed by atoms with E-state index in [9.17, 15) is 4.79 Å². The van der Waals surface area contributed by atoms with Crippen LogP contribution in [-0.4, -0.2) is 46.3 Å². The van der Waals surface area contributed by atoms with Crippen LogP contribution >= 0.6 is 0 Å². The van der Waals surface area contributed by atoms with Gasteiger partial charge in [-0.2, -0.15) is 0 Å². The van der Waals surface area contributed by atoms with Crippen LogP contribution in [-0.2, 0) is 6.42 Å². The first-order valence-corrected chi connectivity index (χ1v) is 7.91. The Balaban J connectivity index is 1.97. The summed E-state index contributed by atoms with van der Waals surface area (Å²) < 4.78 is 2.07. The molecule has 1 heterocycles. The van der Waals surface area contributed by atoms with Crippen LogP contribution in [0.5, 0.6) is 0 Å². The highest BCUT2D eigenvalue weighted by Gasteiger charge is 2.45. The molecule has 1 saturated carbocycles. The molecule has 23 heavy (non-hydrogen) atoms. The van der Waals surface area contributed by atoms with Crippen molar-refractivity contribution in [3.05, 3.63) is 29.0 Å². The number of Topliss-reactive ketones (excluding diaryl/α,β-unsaturated/α-hetero) is 1. The minimum absolute atomic E-state index is 0.0835. The fourth-order valence-corrected chi connectivity index (χ4v) is 3.27. The van der Waals surface area contributed by atoms with Crippen molar-refractivity contribution < 1.29 is 4.79 Å². The lowest BCUT2D eigenvalue weighted by molar-refractivity contribution is 0.102. The first-order chi connectivity index (χ1) is 10.8. The Hall–Kier alpha value is -2.31. The first-order valence-electron chi connectivity index (χ1n) is 7.91. The number of fused-ring (bicyclic) bond motifs is 1. The summed E-state index contributed by atoms with van der Waals surface area (Å²) >= 11 is 0. The molecule has 2 aliphatic rings. The number of hydrogen-bond donors (Lipinski definition) is 2. The molecule has 1 fully saturated rings. The van der Waals surface area contributed by atoms with E-state index in [1.54, 1.807) is 0 Å². The number of nitrogens with two attached hydrogens (primary N) is 2. The second-order valence-electron chi connectivity index (χ2n) is 6.82. The average Bonchev–Trinajstić information content (AvgIpc) is 2.96. The van der Waals surface area contributed by atoms with E-state index in [1.165, 1.54) is 0 Å². The number of ketones is 1. The van der Waals surface area contributed by atoms with Gasteiger partial charge in [-0.1, -0.05) is 0 Å². The highest BCUT2D eigenvalue weighted by molar-refractivity contribution is 6.11. The SMILES string of the molecule is CC(C)n1c(C2CC2N=C(N)N)nc2c1C(=O)/C(=C/N(C)C)C2. The molecule has 0 saturated heterocycles. The average molecular weight is 316 g/mol. The topological polar surface area (TPSA) is 103 Å².